The molecule has 1 aromatic heterocycles. The first-order chi connectivity index (χ1) is 11.8. The molecule has 7 nitrogen and oxygen atoms in total. The van der Waals surface area contributed by atoms with Crippen molar-refractivity contribution in [2.45, 2.75) is 32.7 Å². The van der Waals surface area contributed by atoms with Crippen molar-refractivity contribution in [2.24, 2.45) is 5.73 Å². The maximum atomic E-state index is 12.1. The molecule has 0 unspecified atom stereocenters. The van der Waals surface area contributed by atoms with Crippen molar-refractivity contribution in [3.05, 3.63) is 47.7 Å². The molecule has 0 saturated carbocycles. The van der Waals surface area contributed by atoms with Gasteiger partial charge in [-0.3, -0.25) is 9.59 Å². The number of amides is 2. The van der Waals surface area contributed by atoms with Crippen LogP contribution >= 0.6 is 0 Å². The Morgan fingerprint density at radius 2 is 1.84 bits per heavy atom. The molecule has 1 heterocycles. The highest BCUT2D eigenvalue weighted by molar-refractivity contribution is 5.94. The number of carbonyl (C=O) groups excluding carboxylic acids is 2. The molecule has 0 saturated heterocycles. The van der Waals surface area contributed by atoms with Crippen molar-refractivity contribution in [3.8, 4) is 0 Å². The third-order valence-corrected chi connectivity index (χ3v) is 3.62. The number of carbonyl (C=O) groups is 2. The van der Waals surface area contributed by atoms with Gasteiger partial charge < -0.3 is 16.4 Å². The molecule has 2 amide bonds. The van der Waals surface area contributed by atoms with Crippen LogP contribution in [0.25, 0.3) is 0 Å². The van der Waals surface area contributed by atoms with Gasteiger partial charge in [-0.1, -0.05) is 51.1 Å². The maximum Gasteiger partial charge on any atom is 0.244 e. The standard InChI is InChI=1S/C18H25N5O2/c1-18(2,3)14-9-15(21-17(25)11-20-16(24)10-19)23(22-14)12-13-7-5-4-6-8-13/h4-9H,10-12,19H2,1-3H3,(H,20,24)(H,21,25). The summed E-state index contributed by atoms with van der Waals surface area (Å²) in [5, 5.41) is 9.90. The molecule has 4 N–H and O–H groups in total. The highest BCUT2D eigenvalue weighted by Gasteiger charge is 2.21. The fourth-order valence-electron chi connectivity index (χ4n) is 2.20. The number of nitrogens with two attached hydrogens (primary N) is 1. The lowest BCUT2D eigenvalue weighted by Gasteiger charge is -2.14. The number of benzene rings is 1. The molecule has 0 bridgehead atoms. The normalized spacial score (nSPS) is 11.2. The number of aromatic nitrogens is 2. The van der Waals surface area contributed by atoms with E-state index in [1.807, 2.05) is 36.4 Å². The van der Waals surface area contributed by atoms with Crippen LogP contribution in [0.4, 0.5) is 5.82 Å². The summed E-state index contributed by atoms with van der Waals surface area (Å²) in [7, 11) is 0. The highest BCUT2D eigenvalue weighted by Crippen LogP contribution is 2.24. The summed E-state index contributed by atoms with van der Waals surface area (Å²) in [5.41, 5.74) is 7.03. The van der Waals surface area contributed by atoms with E-state index < -0.39 is 0 Å². The summed E-state index contributed by atoms with van der Waals surface area (Å²) in [6, 6.07) is 11.8. The van der Waals surface area contributed by atoms with Gasteiger partial charge in [-0.15, -0.1) is 0 Å². The summed E-state index contributed by atoms with van der Waals surface area (Å²) >= 11 is 0. The molecule has 0 aliphatic carbocycles. The van der Waals surface area contributed by atoms with Crippen LogP contribution in [0.3, 0.4) is 0 Å². The number of nitrogens with zero attached hydrogens (tertiary/aromatic N) is 2. The van der Waals surface area contributed by atoms with Crippen molar-refractivity contribution < 1.29 is 9.59 Å². The first kappa shape index (κ1) is 18.7. The molecule has 0 radical (unpaired) electrons. The second-order valence-electron chi connectivity index (χ2n) is 6.84. The zero-order chi connectivity index (χ0) is 18.4. The molecule has 7 heteroatoms. The Kier molecular flexibility index (Phi) is 5.93. The first-order valence-electron chi connectivity index (χ1n) is 8.18. The molecular formula is C18H25N5O2. The molecule has 0 atom stereocenters. The minimum Gasteiger partial charge on any atom is -0.346 e. The van der Waals surface area contributed by atoms with Crippen LogP contribution in [0.1, 0.15) is 32.0 Å². The van der Waals surface area contributed by atoms with Crippen LogP contribution in [0, 0.1) is 0 Å². The van der Waals surface area contributed by atoms with E-state index >= 15 is 0 Å². The zero-order valence-corrected chi connectivity index (χ0v) is 14.9. The molecular weight excluding hydrogens is 318 g/mol. The van der Waals surface area contributed by atoms with Crippen molar-refractivity contribution in [1.82, 2.24) is 15.1 Å². The van der Waals surface area contributed by atoms with Gasteiger partial charge in [0.05, 0.1) is 25.3 Å². The van der Waals surface area contributed by atoms with E-state index in [9.17, 15) is 9.59 Å². The van der Waals surface area contributed by atoms with Gasteiger partial charge in [-0.05, 0) is 5.56 Å². The Labute approximate surface area is 147 Å². The van der Waals surface area contributed by atoms with Gasteiger partial charge in [0.25, 0.3) is 0 Å². The molecule has 0 aliphatic heterocycles. The van der Waals surface area contributed by atoms with Crippen LogP contribution in [-0.4, -0.2) is 34.7 Å². The van der Waals surface area contributed by atoms with E-state index in [2.05, 4.69) is 36.5 Å². The number of hydrogen-bond acceptors (Lipinski definition) is 4. The molecule has 25 heavy (non-hydrogen) atoms. The second kappa shape index (κ2) is 7.94. The molecule has 2 aromatic rings. The number of hydrogen-bond donors (Lipinski definition) is 3. The lowest BCUT2D eigenvalue weighted by molar-refractivity contribution is -0.123. The predicted molar refractivity (Wildman–Crippen MR) is 97.2 cm³/mol. The monoisotopic (exact) mass is 343 g/mol. The van der Waals surface area contributed by atoms with Gasteiger partial charge in [0.1, 0.15) is 5.82 Å². The Bertz CT molecular complexity index is 732. The SMILES string of the molecule is CC(C)(C)c1cc(NC(=O)CNC(=O)CN)n(Cc2ccccc2)n1. The number of anilines is 1. The van der Waals surface area contributed by atoms with Gasteiger partial charge in [0.2, 0.25) is 11.8 Å². The van der Waals surface area contributed by atoms with Gasteiger partial charge >= 0.3 is 0 Å². The lowest BCUT2D eigenvalue weighted by atomic mass is 9.92. The quantitative estimate of drug-likeness (QED) is 0.734. The Morgan fingerprint density at radius 3 is 2.44 bits per heavy atom. The van der Waals surface area contributed by atoms with Crippen LogP contribution in [0.5, 0.6) is 0 Å². The summed E-state index contributed by atoms with van der Waals surface area (Å²) < 4.78 is 1.76. The van der Waals surface area contributed by atoms with Crippen LogP contribution < -0.4 is 16.4 Å². The Morgan fingerprint density at radius 1 is 1.16 bits per heavy atom. The largest absolute Gasteiger partial charge is 0.346 e. The average molecular weight is 343 g/mol. The van der Waals surface area contributed by atoms with E-state index in [0.717, 1.165) is 11.3 Å². The molecule has 2 rings (SSSR count). The van der Waals surface area contributed by atoms with E-state index in [1.54, 1.807) is 4.68 Å². The minimum atomic E-state index is -0.372. The third kappa shape index (κ3) is 5.42. The predicted octanol–water partition coefficient (Wildman–Crippen LogP) is 1.24. The molecule has 0 fully saturated rings. The molecule has 0 aliphatic rings. The first-order valence-corrected chi connectivity index (χ1v) is 8.18. The van der Waals surface area contributed by atoms with Crippen LogP contribution in [0.2, 0.25) is 0 Å². The van der Waals surface area contributed by atoms with Crippen molar-refractivity contribution in [1.29, 1.82) is 0 Å². The highest BCUT2D eigenvalue weighted by atomic mass is 16.2. The summed E-state index contributed by atoms with van der Waals surface area (Å²) in [6.07, 6.45) is 0. The summed E-state index contributed by atoms with van der Waals surface area (Å²) in [5.74, 6) is -0.0967. The molecule has 134 valence electrons. The third-order valence-electron chi connectivity index (χ3n) is 3.62. The molecule has 1 aromatic carbocycles. The van der Waals surface area contributed by atoms with Crippen LogP contribution in [0.15, 0.2) is 36.4 Å². The number of rotatable bonds is 6. The maximum absolute atomic E-state index is 12.1. The summed E-state index contributed by atoms with van der Waals surface area (Å²) in [4.78, 5) is 23.3. The average Bonchev–Trinajstić information content (AvgIpc) is 2.96. The van der Waals surface area contributed by atoms with E-state index in [0.29, 0.717) is 12.4 Å². The van der Waals surface area contributed by atoms with Crippen molar-refractivity contribution in [2.75, 3.05) is 18.4 Å². The van der Waals surface area contributed by atoms with Gasteiger partial charge in [-0.2, -0.15) is 5.10 Å². The van der Waals surface area contributed by atoms with Gasteiger partial charge in [-0.25, -0.2) is 4.68 Å². The molecule has 0 spiro atoms. The summed E-state index contributed by atoms with van der Waals surface area (Å²) in [6.45, 7) is 6.46. The van der Waals surface area contributed by atoms with Gasteiger partial charge in [0, 0.05) is 11.5 Å². The Hall–Kier alpha value is -2.67. The van der Waals surface area contributed by atoms with E-state index in [-0.39, 0.29) is 30.3 Å². The van der Waals surface area contributed by atoms with Crippen molar-refractivity contribution in [3.63, 3.8) is 0 Å². The second-order valence-corrected chi connectivity index (χ2v) is 6.84. The number of nitrogens with one attached hydrogen (secondary N) is 2. The van der Waals surface area contributed by atoms with Gasteiger partial charge in [0.15, 0.2) is 0 Å². The fourth-order valence-corrected chi connectivity index (χ4v) is 2.20. The lowest BCUT2D eigenvalue weighted by Crippen LogP contribution is -2.36. The Balaban J connectivity index is 2.18. The fraction of sp³-hybridized carbons (Fsp3) is 0.389. The van der Waals surface area contributed by atoms with Crippen LogP contribution in [-0.2, 0) is 21.5 Å². The van der Waals surface area contributed by atoms with E-state index in [4.69, 9.17) is 5.73 Å². The topological polar surface area (TPSA) is 102 Å². The minimum absolute atomic E-state index is 0.128. The van der Waals surface area contributed by atoms with Crippen molar-refractivity contribution >= 4 is 17.6 Å². The zero-order valence-electron chi connectivity index (χ0n) is 14.9. The smallest absolute Gasteiger partial charge is 0.244 e. The van der Waals surface area contributed by atoms with E-state index in [1.165, 1.54) is 0 Å².